The van der Waals surface area contributed by atoms with Crippen LogP contribution in [0.15, 0.2) is 24.3 Å². The van der Waals surface area contributed by atoms with Gasteiger partial charge >= 0.3 is 6.18 Å². The molecule has 5 heteroatoms. The number of rotatable bonds is 4. The van der Waals surface area contributed by atoms with E-state index >= 15 is 0 Å². The highest BCUT2D eigenvalue weighted by Crippen LogP contribution is 2.59. The molecule has 0 spiro atoms. The fourth-order valence-electron chi connectivity index (χ4n) is 3.86. The molecule has 1 aromatic rings. The highest BCUT2D eigenvalue weighted by atomic mass is 19.4. The van der Waals surface area contributed by atoms with Gasteiger partial charge in [0, 0.05) is 6.04 Å². The second-order valence-corrected chi connectivity index (χ2v) is 6.01. The van der Waals surface area contributed by atoms with Crippen molar-refractivity contribution in [3.63, 3.8) is 0 Å². The van der Waals surface area contributed by atoms with Gasteiger partial charge in [0.15, 0.2) is 0 Å². The van der Waals surface area contributed by atoms with Crippen LogP contribution in [0.4, 0.5) is 13.2 Å². The fraction of sp³-hybridized carbons (Fsp3) is 0.600. The number of hydrogen-bond acceptors (Lipinski definition) is 2. The summed E-state index contributed by atoms with van der Waals surface area (Å²) in [6, 6.07) is 5.60. The summed E-state index contributed by atoms with van der Waals surface area (Å²) < 4.78 is 37.5. The number of halogens is 3. The number of nitrogens with one attached hydrogen (secondary N) is 1. The molecule has 0 bridgehead atoms. The van der Waals surface area contributed by atoms with Crippen LogP contribution >= 0.6 is 0 Å². The molecule has 0 radical (unpaired) electrons. The van der Waals surface area contributed by atoms with Crippen LogP contribution < -0.4 is 11.3 Å². The minimum Gasteiger partial charge on any atom is -0.271 e. The normalized spacial score (nSPS) is 30.1. The Kier molecular flexibility index (Phi) is 3.50. The van der Waals surface area contributed by atoms with Crippen molar-refractivity contribution in [3.8, 4) is 0 Å². The summed E-state index contributed by atoms with van der Waals surface area (Å²) in [5, 5.41) is 0. The van der Waals surface area contributed by atoms with Crippen molar-refractivity contribution in [2.45, 2.75) is 37.9 Å². The molecule has 2 aliphatic carbocycles. The van der Waals surface area contributed by atoms with E-state index in [2.05, 4.69) is 5.43 Å². The smallest absolute Gasteiger partial charge is 0.271 e. The average Bonchev–Trinajstić information content (AvgIpc) is 2.88. The number of hydrogen-bond donors (Lipinski definition) is 2. The van der Waals surface area contributed by atoms with Gasteiger partial charge in [-0.25, -0.2) is 0 Å². The third-order valence-corrected chi connectivity index (χ3v) is 4.89. The Morgan fingerprint density at radius 1 is 1.15 bits per heavy atom. The van der Waals surface area contributed by atoms with Gasteiger partial charge in [-0.3, -0.25) is 11.3 Å². The molecule has 0 heterocycles. The topological polar surface area (TPSA) is 38.0 Å². The minimum atomic E-state index is -4.27. The predicted molar refractivity (Wildman–Crippen MR) is 70.6 cm³/mol. The van der Waals surface area contributed by atoms with Crippen LogP contribution in [0, 0.1) is 17.8 Å². The molecule has 2 fully saturated rings. The van der Waals surface area contributed by atoms with Gasteiger partial charge in [0.2, 0.25) is 0 Å². The van der Waals surface area contributed by atoms with Gasteiger partial charge in [0.25, 0.3) is 0 Å². The van der Waals surface area contributed by atoms with E-state index in [1.807, 2.05) is 0 Å². The summed E-state index contributed by atoms with van der Waals surface area (Å²) in [6.45, 7) is 0. The largest absolute Gasteiger partial charge is 0.416 e. The van der Waals surface area contributed by atoms with E-state index in [-0.39, 0.29) is 6.04 Å². The Morgan fingerprint density at radius 3 is 2.25 bits per heavy atom. The number of benzene rings is 1. The van der Waals surface area contributed by atoms with E-state index in [4.69, 9.17) is 5.84 Å². The number of hydrazine groups is 1. The van der Waals surface area contributed by atoms with Crippen molar-refractivity contribution in [2.24, 2.45) is 23.6 Å². The van der Waals surface area contributed by atoms with Crippen LogP contribution in [0.2, 0.25) is 0 Å². The Morgan fingerprint density at radius 2 is 1.75 bits per heavy atom. The van der Waals surface area contributed by atoms with E-state index in [9.17, 15) is 13.2 Å². The maximum atomic E-state index is 12.5. The summed E-state index contributed by atoms with van der Waals surface area (Å²) >= 11 is 0. The van der Waals surface area contributed by atoms with Crippen molar-refractivity contribution in [1.29, 1.82) is 0 Å². The number of fused-ring (bicyclic) bond motifs is 1. The fourth-order valence-corrected chi connectivity index (χ4v) is 3.86. The highest BCUT2D eigenvalue weighted by Gasteiger charge is 2.55. The predicted octanol–water partition coefficient (Wildman–Crippen LogP) is 3.13. The highest BCUT2D eigenvalue weighted by molar-refractivity contribution is 5.26. The summed E-state index contributed by atoms with van der Waals surface area (Å²) in [5.41, 5.74) is 3.18. The maximum absolute atomic E-state index is 12.5. The molecule has 110 valence electrons. The first kappa shape index (κ1) is 13.9. The molecule has 2 aliphatic rings. The van der Waals surface area contributed by atoms with E-state index in [1.54, 1.807) is 12.1 Å². The van der Waals surface area contributed by atoms with Crippen LogP contribution in [-0.4, -0.2) is 6.04 Å². The van der Waals surface area contributed by atoms with Crippen molar-refractivity contribution in [3.05, 3.63) is 35.4 Å². The lowest BCUT2D eigenvalue weighted by atomic mass is 9.97. The summed E-state index contributed by atoms with van der Waals surface area (Å²) in [4.78, 5) is 0. The van der Waals surface area contributed by atoms with Crippen LogP contribution in [0.5, 0.6) is 0 Å². The van der Waals surface area contributed by atoms with Crippen molar-refractivity contribution >= 4 is 0 Å². The molecule has 0 amide bonds. The second kappa shape index (κ2) is 5.04. The van der Waals surface area contributed by atoms with E-state index < -0.39 is 11.7 Å². The molecule has 0 saturated heterocycles. The Labute approximate surface area is 116 Å². The van der Waals surface area contributed by atoms with Crippen LogP contribution in [0.25, 0.3) is 0 Å². The molecule has 2 saturated carbocycles. The Bertz CT molecular complexity index is 459. The zero-order valence-electron chi connectivity index (χ0n) is 11.2. The molecule has 0 aromatic heterocycles. The summed E-state index contributed by atoms with van der Waals surface area (Å²) in [6.07, 6.45) is 0.300. The maximum Gasteiger partial charge on any atom is 0.416 e. The third kappa shape index (κ3) is 2.56. The van der Waals surface area contributed by atoms with Gasteiger partial charge in [-0.15, -0.1) is 0 Å². The van der Waals surface area contributed by atoms with Gasteiger partial charge in [0.05, 0.1) is 5.56 Å². The molecule has 3 atom stereocenters. The molecular weight excluding hydrogens is 265 g/mol. The van der Waals surface area contributed by atoms with Gasteiger partial charge in [0.1, 0.15) is 0 Å². The van der Waals surface area contributed by atoms with E-state index in [0.717, 1.165) is 29.5 Å². The first-order chi connectivity index (χ1) is 9.50. The molecule has 3 unspecified atom stereocenters. The SMILES string of the molecule is NNC(Cc1ccc(C(F)(F)F)cc1)C1C2CCCC21. The summed E-state index contributed by atoms with van der Waals surface area (Å²) in [5.74, 6) is 7.81. The Balaban J connectivity index is 1.64. The van der Waals surface area contributed by atoms with Crippen molar-refractivity contribution < 1.29 is 13.2 Å². The number of alkyl halides is 3. The first-order valence-corrected chi connectivity index (χ1v) is 7.13. The quantitative estimate of drug-likeness (QED) is 0.658. The van der Waals surface area contributed by atoms with Crippen LogP contribution in [0.3, 0.4) is 0 Å². The molecular formula is C15H19F3N2. The standard InChI is InChI=1S/C15H19F3N2/c16-15(17,18)10-6-4-9(5-7-10)8-13(20-19)14-11-2-1-3-12(11)14/h4-7,11-14,20H,1-3,8,19H2. The third-order valence-electron chi connectivity index (χ3n) is 4.89. The van der Waals surface area contributed by atoms with Crippen molar-refractivity contribution in [1.82, 2.24) is 5.43 Å². The lowest BCUT2D eigenvalue weighted by Gasteiger charge is -2.18. The van der Waals surface area contributed by atoms with Crippen LogP contribution in [0.1, 0.15) is 30.4 Å². The van der Waals surface area contributed by atoms with E-state index in [1.165, 1.54) is 19.3 Å². The van der Waals surface area contributed by atoms with Gasteiger partial charge in [-0.1, -0.05) is 18.6 Å². The molecule has 3 N–H and O–H groups in total. The lowest BCUT2D eigenvalue weighted by molar-refractivity contribution is -0.137. The second-order valence-electron chi connectivity index (χ2n) is 6.01. The Hall–Kier alpha value is -1.07. The first-order valence-electron chi connectivity index (χ1n) is 7.13. The lowest BCUT2D eigenvalue weighted by Crippen LogP contribution is -2.39. The van der Waals surface area contributed by atoms with Crippen molar-refractivity contribution in [2.75, 3.05) is 0 Å². The molecule has 20 heavy (non-hydrogen) atoms. The zero-order chi connectivity index (χ0) is 14.3. The molecule has 2 nitrogen and oxygen atoms in total. The zero-order valence-corrected chi connectivity index (χ0v) is 11.2. The van der Waals surface area contributed by atoms with Gasteiger partial charge in [-0.2, -0.15) is 13.2 Å². The molecule has 0 aliphatic heterocycles. The summed E-state index contributed by atoms with van der Waals surface area (Å²) in [7, 11) is 0. The number of nitrogens with two attached hydrogens (primary N) is 1. The van der Waals surface area contributed by atoms with Gasteiger partial charge in [-0.05, 0) is 54.7 Å². The molecule has 1 aromatic carbocycles. The van der Waals surface area contributed by atoms with Crippen LogP contribution in [-0.2, 0) is 12.6 Å². The van der Waals surface area contributed by atoms with E-state index in [0.29, 0.717) is 12.3 Å². The van der Waals surface area contributed by atoms with Gasteiger partial charge < -0.3 is 0 Å². The average molecular weight is 284 g/mol. The minimum absolute atomic E-state index is 0.182. The molecule has 3 rings (SSSR count). The monoisotopic (exact) mass is 284 g/mol.